The first-order valence-corrected chi connectivity index (χ1v) is 4.29. The third-order valence-corrected chi connectivity index (χ3v) is 2.39. The largest absolute Gasteiger partial charge is 0.330 e. The second-order valence-corrected chi connectivity index (χ2v) is 3.13. The molecule has 1 aliphatic rings. The van der Waals surface area contributed by atoms with Gasteiger partial charge >= 0.3 is 0 Å². The summed E-state index contributed by atoms with van der Waals surface area (Å²) >= 11 is 0. The molecule has 0 aromatic heterocycles. The second-order valence-electron chi connectivity index (χ2n) is 3.13. The van der Waals surface area contributed by atoms with Gasteiger partial charge < -0.3 is 10.6 Å². The van der Waals surface area contributed by atoms with E-state index in [1.807, 2.05) is 0 Å². The molecule has 0 unspecified atom stereocenters. The van der Waals surface area contributed by atoms with Crippen molar-refractivity contribution in [1.82, 2.24) is 4.90 Å². The van der Waals surface area contributed by atoms with Crippen LogP contribution in [0.5, 0.6) is 0 Å². The van der Waals surface area contributed by atoms with Crippen LogP contribution in [0.1, 0.15) is 19.8 Å². The highest BCUT2D eigenvalue weighted by Crippen LogP contribution is 2.17. The van der Waals surface area contributed by atoms with E-state index in [0.29, 0.717) is 0 Å². The minimum Gasteiger partial charge on any atom is -0.330 e. The number of rotatable bonds is 3. The molecule has 1 aliphatic heterocycles. The van der Waals surface area contributed by atoms with E-state index in [4.69, 9.17) is 5.73 Å². The van der Waals surface area contributed by atoms with Gasteiger partial charge in [-0.2, -0.15) is 0 Å². The lowest BCUT2D eigenvalue weighted by atomic mass is 10.1. The Bertz CT molecular complexity index is 93.3. The summed E-state index contributed by atoms with van der Waals surface area (Å²) in [6.07, 6.45) is 2.58. The normalized spacial score (nSPS) is 27.6. The van der Waals surface area contributed by atoms with Crippen LogP contribution in [0, 0.1) is 5.92 Å². The fourth-order valence-corrected chi connectivity index (χ4v) is 1.67. The summed E-state index contributed by atoms with van der Waals surface area (Å²) in [4.78, 5) is 2.50. The van der Waals surface area contributed by atoms with Gasteiger partial charge in [-0.1, -0.05) is 6.92 Å². The summed E-state index contributed by atoms with van der Waals surface area (Å²) in [7, 11) is 0. The maximum atomic E-state index is 5.48. The van der Waals surface area contributed by atoms with Crippen molar-refractivity contribution in [2.24, 2.45) is 11.7 Å². The van der Waals surface area contributed by atoms with E-state index in [9.17, 15) is 0 Å². The molecular weight excluding hydrogens is 124 g/mol. The SMILES string of the molecule is CCN1CC[C@@H](CCN)C1. The van der Waals surface area contributed by atoms with Gasteiger partial charge in [-0.15, -0.1) is 0 Å². The molecule has 2 nitrogen and oxygen atoms in total. The lowest BCUT2D eigenvalue weighted by molar-refractivity contribution is 0.339. The number of nitrogens with two attached hydrogens (primary N) is 1. The monoisotopic (exact) mass is 142 g/mol. The van der Waals surface area contributed by atoms with Crippen molar-refractivity contribution < 1.29 is 0 Å². The van der Waals surface area contributed by atoms with E-state index in [2.05, 4.69) is 11.8 Å². The fraction of sp³-hybridized carbons (Fsp3) is 1.00. The van der Waals surface area contributed by atoms with E-state index in [1.54, 1.807) is 0 Å². The molecule has 2 N–H and O–H groups in total. The lowest BCUT2D eigenvalue weighted by Crippen LogP contribution is -2.20. The number of hydrogen-bond donors (Lipinski definition) is 1. The Balaban J connectivity index is 2.15. The van der Waals surface area contributed by atoms with E-state index in [1.165, 1.54) is 32.5 Å². The summed E-state index contributed by atoms with van der Waals surface area (Å²) in [5.74, 6) is 0.893. The smallest absolute Gasteiger partial charge is 0.00105 e. The first-order chi connectivity index (χ1) is 4.86. The summed E-state index contributed by atoms with van der Waals surface area (Å²) in [5.41, 5.74) is 5.48. The number of likely N-dealkylation sites (tertiary alicyclic amines) is 1. The molecule has 1 atom stereocenters. The van der Waals surface area contributed by atoms with Gasteiger partial charge in [0.1, 0.15) is 0 Å². The van der Waals surface area contributed by atoms with Gasteiger partial charge in [-0.25, -0.2) is 0 Å². The number of hydrogen-bond acceptors (Lipinski definition) is 2. The van der Waals surface area contributed by atoms with Crippen LogP contribution in [0.2, 0.25) is 0 Å². The van der Waals surface area contributed by atoms with E-state index in [-0.39, 0.29) is 0 Å². The molecule has 1 saturated heterocycles. The highest BCUT2D eigenvalue weighted by Gasteiger charge is 2.19. The Morgan fingerprint density at radius 1 is 1.60 bits per heavy atom. The molecule has 1 fully saturated rings. The Morgan fingerprint density at radius 2 is 2.40 bits per heavy atom. The summed E-state index contributed by atoms with van der Waals surface area (Å²) in [5, 5.41) is 0. The highest BCUT2D eigenvalue weighted by molar-refractivity contribution is 4.74. The molecule has 10 heavy (non-hydrogen) atoms. The van der Waals surface area contributed by atoms with Crippen LogP contribution in [0.15, 0.2) is 0 Å². The van der Waals surface area contributed by atoms with Crippen molar-refractivity contribution in [1.29, 1.82) is 0 Å². The molecule has 1 rings (SSSR count). The van der Waals surface area contributed by atoms with E-state index < -0.39 is 0 Å². The Hall–Kier alpha value is -0.0800. The minimum atomic E-state index is 0.863. The first-order valence-electron chi connectivity index (χ1n) is 4.29. The zero-order valence-electron chi connectivity index (χ0n) is 6.84. The zero-order chi connectivity index (χ0) is 7.40. The van der Waals surface area contributed by atoms with Crippen LogP contribution >= 0.6 is 0 Å². The van der Waals surface area contributed by atoms with Gasteiger partial charge in [-0.3, -0.25) is 0 Å². The van der Waals surface area contributed by atoms with Gasteiger partial charge in [0.05, 0.1) is 0 Å². The second kappa shape index (κ2) is 3.94. The predicted molar refractivity (Wildman–Crippen MR) is 43.9 cm³/mol. The molecule has 2 heteroatoms. The van der Waals surface area contributed by atoms with Crippen LogP contribution in [0.25, 0.3) is 0 Å². The molecule has 0 spiro atoms. The van der Waals surface area contributed by atoms with E-state index in [0.717, 1.165) is 12.5 Å². The van der Waals surface area contributed by atoms with Gasteiger partial charge in [0.25, 0.3) is 0 Å². The van der Waals surface area contributed by atoms with Crippen LogP contribution in [0.3, 0.4) is 0 Å². The molecule has 0 saturated carbocycles. The van der Waals surface area contributed by atoms with Crippen molar-refractivity contribution in [2.75, 3.05) is 26.2 Å². The van der Waals surface area contributed by atoms with E-state index >= 15 is 0 Å². The molecule has 0 bridgehead atoms. The van der Waals surface area contributed by atoms with Crippen LogP contribution in [0.4, 0.5) is 0 Å². The molecule has 0 radical (unpaired) electrons. The van der Waals surface area contributed by atoms with Crippen molar-refractivity contribution in [3.63, 3.8) is 0 Å². The maximum absolute atomic E-state index is 5.48. The number of nitrogens with zero attached hydrogens (tertiary/aromatic N) is 1. The van der Waals surface area contributed by atoms with Gasteiger partial charge in [0.15, 0.2) is 0 Å². The van der Waals surface area contributed by atoms with Crippen molar-refractivity contribution in [2.45, 2.75) is 19.8 Å². The topological polar surface area (TPSA) is 29.3 Å². The van der Waals surface area contributed by atoms with Crippen LogP contribution in [-0.2, 0) is 0 Å². The molecule has 0 amide bonds. The molecule has 1 heterocycles. The molecule has 60 valence electrons. The van der Waals surface area contributed by atoms with Crippen molar-refractivity contribution in [3.05, 3.63) is 0 Å². The molecule has 0 aliphatic carbocycles. The maximum Gasteiger partial charge on any atom is 0.00105 e. The standard InChI is InChI=1S/C8H18N2/c1-2-10-6-4-8(7-10)3-5-9/h8H,2-7,9H2,1H3/t8-/m1/s1. The van der Waals surface area contributed by atoms with Gasteiger partial charge in [0, 0.05) is 6.54 Å². The molecular formula is C8H18N2. The minimum absolute atomic E-state index is 0.863. The molecule has 0 aromatic carbocycles. The van der Waals surface area contributed by atoms with Crippen molar-refractivity contribution >= 4 is 0 Å². The fourth-order valence-electron chi connectivity index (χ4n) is 1.67. The Morgan fingerprint density at radius 3 is 2.90 bits per heavy atom. The third kappa shape index (κ3) is 1.96. The average Bonchev–Trinajstić information content (AvgIpc) is 2.37. The van der Waals surface area contributed by atoms with Crippen LogP contribution in [-0.4, -0.2) is 31.1 Å². The van der Waals surface area contributed by atoms with Gasteiger partial charge in [0.2, 0.25) is 0 Å². The third-order valence-electron chi connectivity index (χ3n) is 2.39. The zero-order valence-corrected chi connectivity index (χ0v) is 6.84. The summed E-state index contributed by atoms with van der Waals surface area (Å²) < 4.78 is 0. The highest BCUT2D eigenvalue weighted by atomic mass is 15.1. The molecule has 0 aromatic rings. The summed E-state index contributed by atoms with van der Waals surface area (Å²) in [6.45, 7) is 6.88. The lowest BCUT2D eigenvalue weighted by Gasteiger charge is -2.11. The Labute approximate surface area is 63.4 Å². The van der Waals surface area contributed by atoms with Crippen LogP contribution < -0.4 is 5.73 Å². The predicted octanol–water partition coefficient (Wildman–Crippen LogP) is 0.677. The van der Waals surface area contributed by atoms with Crippen molar-refractivity contribution in [3.8, 4) is 0 Å². The first kappa shape index (κ1) is 8.02. The quantitative estimate of drug-likeness (QED) is 0.628. The average molecular weight is 142 g/mol. The Kier molecular flexibility index (Phi) is 3.16. The summed E-state index contributed by atoms with van der Waals surface area (Å²) in [6, 6.07) is 0. The van der Waals surface area contributed by atoms with Gasteiger partial charge in [-0.05, 0) is 38.4 Å².